The van der Waals surface area contributed by atoms with Gasteiger partial charge in [-0.05, 0) is 70.5 Å². The molecule has 5 N–H and O–H groups in total. The Labute approximate surface area is 230 Å². The number of benzene rings is 1. The van der Waals surface area contributed by atoms with Gasteiger partial charge in [0.15, 0.2) is 0 Å². The molecule has 206 valence electrons. The summed E-state index contributed by atoms with van der Waals surface area (Å²) >= 11 is 0. The van der Waals surface area contributed by atoms with E-state index in [0.717, 1.165) is 19.4 Å². The van der Waals surface area contributed by atoms with E-state index in [2.05, 4.69) is 44.3 Å². The third kappa shape index (κ3) is 5.55. The molecule has 0 radical (unpaired) electrons. The number of carbonyl (C=O) groups excluding carboxylic acids is 3. The maximum Gasteiger partial charge on any atom is 0.257 e. The summed E-state index contributed by atoms with van der Waals surface area (Å²) in [4.78, 5) is 51.0. The highest BCUT2D eigenvalue weighted by molar-refractivity contribution is 6.06. The molecule has 0 bridgehead atoms. The van der Waals surface area contributed by atoms with Crippen molar-refractivity contribution in [3.05, 3.63) is 71.4 Å². The van der Waals surface area contributed by atoms with E-state index >= 15 is 0 Å². The summed E-state index contributed by atoms with van der Waals surface area (Å²) in [6.07, 6.45) is 5.11. The average molecular weight is 544 g/mol. The number of nitrogens with two attached hydrogens (primary N) is 1. The van der Waals surface area contributed by atoms with Crippen molar-refractivity contribution in [2.24, 2.45) is 5.73 Å². The van der Waals surface area contributed by atoms with Gasteiger partial charge in [-0.3, -0.25) is 24.3 Å². The number of primary amides is 1. The van der Waals surface area contributed by atoms with Crippen LogP contribution in [-0.2, 0) is 4.79 Å². The van der Waals surface area contributed by atoms with E-state index in [1.165, 1.54) is 18.3 Å². The van der Waals surface area contributed by atoms with Crippen LogP contribution in [0.2, 0.25) is 0 Å². The molecule has 0 aliphatic carbocycles. The third-order valence-corrected chi connectivity index (χ3v) is 7.30. The highest BCUT2D eigenvalue weighted by atomic mass is 19.1. The second kappa shape index (κ2) is 10.5. The number of anilines is 2. The van der Waals surface area contributed by atoms with Crippen molar-refractivity contribution in [2.75, 3.05) is 23.7 Å². The topological polar surface area (TPSA) is 146 Å². The lowest BCUT2D eigenvalue weighted by atomic mass is 10.0. The number of pyridine rings is 2. The molecule has 5 rings (SSSR count). The number of carbonyl (C=O) groups is 3. The molecule has 4 aromatic rings. The summed E-state index contributed by atoms with van der Waals surface area (Å²) in [6, 6.07) is 9.20. The van der Waals surface area contributed by atoms with Crippen LogP contribution in [0.1, 0.15) is 53.1 Å². The Morgan fingerprint density at radius 2 is 1.90 bits per heavy atom. The van der Waals surface area contributed by atoms with E-state index in [0.29, 0.717) is 44.9 Å². The van der Waals surface area contributed by atoms with Gasteiger partial charge in [-0.2, -0.15) is 0 Å². The molecule has 1 fully saturated rings. The van der Waals surface area contributed by atoms with Crippen molar-refractivity contribution in [3.8, 4) is 11.3 Å². The highest BCUT2D eigenvalue weighted by Crippen LogP contribution is 2.28. The van der Waals surface area contributed by atoms with Crippen molar-refractivity contribution >= 4 is 40.1 Å². The largest absolute Gasteiger partial charge is 0.366 e. The fraction of sp³-hybridized carbons (Fsp3) is 0.276. The number of fused-ring (bicyclic) bond motifs is 1. The van der Waals surface area contributed by atoms with E-state index in [-0.39, 0.29) is 23.6 Å². The number of H-pyrrole nitrogens is 1. The molecule has 0 saturated carbocycles. The Morgan fingerprint density at radius 3 is 2.60 bits per heavy atom. The highest BCUT2D eigenvalue weighted by Gasteiger charge is 2.32. The van der Waals surface area contributed by atoms with Crippen molar-refractivity contribution in [3.63, 3.8) is 0 Å². The van der Waals surface area contributed by atoms with Crippen molar-refractivity contribution in [1.82, 2.24) is 19.9 Å². The van der Waals surface area contributed by atoms with Crippen LogP contribution in [0, 0.1) is 12.7 Å². The van der Waals surface area contributed by atoms with Crippen LogP contribution in [0.3, 0.4) is 0 Å². The number of halogens is 1. The van der Waals surface area contributed by atoms with Crippen LogP contribution < -0.4 is 16.4 Å². The number of aryl methyl sites for hydroxylation is 1. The lowest BCUT2D eigenvalue weighted by Gasteiger charge is -2.30. The van der Waals surface area contributed by atoms with Crippen LogP contribution in [-0.4, -0.2) is 56.2 Å². The van der Waals surface area contributed by atoms with Crippen LogP contribution >= 0.6 is 0 Å². The van der Waals surface area contributed by atoms with E-state index in [9.17, 15) is 18.8 Å². The monoisotopic (exact) mass is 543 g/mol. The molecule has 1 aliphatic rings. The smallest absolute Gasteiger partial charge is 0.257 e. The van der Waals surface area contributed by atoms with Gasteiger partial charge in [-0.15, -0.1) is 0 Å². The average Bonchev–Trinajstić information content (AvgIpc) is 3.47. The second-order valence-corrected chi connectivity index (χ2v) is 10.6. The van der Waals surface area contributed by atoms with Crippen molar-refractivity contribution in [2.45, 2.75) is 39.2 Å². The quantitative estimate of drug-likeness (QED) is 0.274. The number of hydrogen-bond donors (Lipinski definition) is 4. The zero-order chi connectivity index (χ0) is 28.6. The van der Waals surface area contributed by atoms with Gasteiger partial charge in [0, 0.05) is 28.4 Å². The molecule has 3 aromatic heterocycles. The summed E-state index contributed by atoms with van der Waals surface area (Å²) in [6.45, 7) is 7.20. The van der Waals surface area contributed by atoms with Crippen LogP contribution in [0.4, 0.5) is 15.8 Å². The Hall–Kier alpha value is -4.64. The minimum atomic E-state index is -0.845. The van der Waals surface area contributed by atoms with Crippen LogP contribution in [0.15, 0.2) is 48.8 Å². The maximum absolute atomic E-state index is 14.3. The minimum Gasteiger partial charge on any atom is -0.366 e. The number of hydrogen-bond acceptors (Lipinski definition) is 6. The molecule has 4 heterocycles. The fourth-order valence-electron chi connectivity index (χ4n) is 4.93. The van der Waals surface area contributed by atoms with Gasteiger partial charge in [0.2, 0.25) is 5.91 Å². The number of likely N-dealkylation sites (tertiary alicyclic amines) is 1. The molecule has 0 spiro atoms. The fourth-order valence-corrected chi connectivity index (χ4v) is 4.93. The molecule has 3 amide bonds. The maximum atomic E-state index is 14.3. The summed E-state index contributed by atoms with van der Waals surface area (Å²) in [5, 5.41) is 6.37. The minimum absolute atomic E-state index is 0.0108. The zero-order valence-electron chi connectivity index (χ0n) is 22.5. The molecule has 11 heteroatoms. The van der Waals surface area contributed by atoms with Crippen molar-refractivity contribution < 1.29 is 18.8 Å². The summed E-state index contributed by atoms with van der Waals surface area (Å²) in [5.41, 5.74) is 8.40. The number of nitrogens with zero attached hydrogens (tertiary/aromatic N) is 3. The Bertz CT molecular complexity index is 1650. The molecular formula is C29H30FN7O3. The number of nitrogens with one attached hydrogen (secondary N) is 3. The van der Waals surface area contributed by atoms with E-state index < -0.39 is 17.6 Å². The van der Waals surface area contributed by atoms with Gasteiger partial charge in [0.1, 0.15) is 11.5 Å². The molecule has 10 nitrogen and oxygen atoms in total. The van der Waals surface area contributed by atoms with Crippen molar-refractivity contribution in [1.29, 1.82) is 0 Å². The molecule has 1 saturated heterocycles. The number of amides is 3. The Balaban J connectivity index is 1.30. The predicted octanol–water partition coefficient (Wildman–Crippen LogP) is 4.24. The summed E-state index contributed by atoms with van der Waals surface area (Å²) in [7, 11) is 0. The van der Waals surface area contributed by atoms with Gasteiger partial charge in [-0.1, -0.05) is 6.07 Å². The first kappa shape index (κ1) is 26.9. The number of rotatable bonds is 7. The molecule has 40 heavy (non-hydrogen) atoms. The van der Waals surface area contributed by atoms with Gasteiger partial charge in [0.05, 0.1) is 40.9 Å². The van der Waals surface area contributed by atoms with Gasteiger partial charge < -0.3 is 21.4 Å². The molecule has 1 aromatic carbocycles. The standard InChI is InChI=1S/C29H30FN7O3/c1-16-23(12-20(14-32-16)34-25(38)15-37-8-4-7-29(37,2)3)36-28(40)19-9-18-11-24(35-27(18)33-13-19)17-5-6-21(26(31)39)22(30)10-17/h5-6,9-14H,4,7-8,15H2,1-3H3,(H2,31,39)(H,33,35)(H,34,38)(H,36,40). The lowest BCUT2D eigenvalue weighted by molar-refractivity contribution is -0.118. The van der Waals surface area contributed by atoms with Gasteiger partial charge >= 0.3 is 0 Å². The Kier molecular flexibility index (Phi) is 7.07. The van der Waals surface area contributed by atoms with Gasteiger partial charge in [-0.25, -0.2) is 9.37 Å². The summed E-state index contributed by atoms with van der Waals surface area (Å²) in [5.74, 6) is -2.11. The van der Waals surface area contributed by atoms with Crippen LogP contribution in [0.5, 0.6) is 0 Å². The lowest BCUT2D eigenvalue weighted by Crippen LogP contribution is -2.42. The Morgan fingerprint density at radius 1 is 1.10 bits per heavy atom. The molecular weight excluding hydrogens is 513 g/mol. The molecule has 0 atom stereocenters. The number of aromatic nitrogens is 3. The predicted molar refractivity (Wildman–Crippen MR) is 150 cm³/mol. The first-order valence-corrected chi connectivity index (χ1v) is 12.9. The SMILES string of the molecule is Cc1ncc(NC(=O)CN2CCCC2(C)C)cc1NC(=O)c1cnc2[nH]c(-c3ccc(C(N)=O)c(F)c3)cc2c1. The molecule has 1 aliphatic heterocycles. The van der Waals surface area contributed by atoms with Crippen LogP contribution in [0.25, 0.3) is 22.3 Å². The van der Waals surface area contributed by atoms with Gasteiger partial charge in [0.25, 0.3) is 11.8 Å². The van der Waals surface area contributed by atoms with E-state index in [1.807, 2.05) is 0 Å². The second-order valence-electron chi connectivity index (χ2n) is 10.6. The van der Waals surface area contributed by atoms with E-state index in [1.54, 1.807) is 37.4 Å². The third-order valence-electron chi connectivity index (χ3n) is 7.30. The zero-order valence-corrected chi connectivity index (χ0v) is 22.5. The molecule has 0 unspecified atom stereocenters. The first-order valence-electron chi connectivity index (χ1n) is 12.9. The van der Waals surface area contributed by atoms with E-state index in [4.69, 9.17) is 5.73 Å². The number of aromatic amines is 1. The first-order chi connectivity index (χ1) is 19.0. The summed E-state index contributed by atoms with van der Waals surface area (Å²) < 4.78 is 14.3. The normalized spacial score (nSPS) is 14.8.